The number of hydrogen-bond donors (Lipinski definition) is 2. The second-order valence-corrected chi connectivity index (χ2v) is 6.25. The van der Waals surface area contributed by atoms with Crippen LogP contribution in [0.25, 0.3) is 0 Å². The van der Waals surface area contributed by atoms with Crippen LogP contribution in [0.4, 0.5) is 5.69 Å². The molecule has 0 aromatic heterocycles. The zero-order valence-electron chi connectivity index (χ0n) is 14.4. The lowest BCUT2D eigenvalue weighted by atomic mass is 9.79. The maximum atomic E-state index is 11.9. The quantitative estimate of drug-likeness (QED) is 0.545. The van der Waals surface area contributed by atoms with Crippen molar-refractivity contribution in [2.24, 2.45) is 0 Å². The van der Waals surface area contributed by atoms with Crippen molar-refractivity contribution in [2.45, 2.75) is 19.4 Å². The summed E-state index contributed by atoms with van der Waals surface area (Å²) in [5.41, 5.74) is 3.59. The molecule has 0 bridgehead atoms. The Hall–Kier alpha value is -2.91. The van der Waals surface area contributed by atoms with E-state index in [1.54, 1.807) is 6.07 Å². The van der Waals surface area contributed by atoms with Crippen LogP contribution in [0.3, 0.4) is 0 Å². The van der Waals surface area contributed by atoms with Crippen LogP contribution in [0.5, 0.6) is 0 Å². The summed E-state index contributed by atoms with van der Waals surface area (Å²) in [5, 5.41) is 14.6. The Balaban J connectivity index is 2.27. The zero-order valence-corrected chi connectivity index (χ0v) is 14.4. The van der Waals surface area contributed by atoms with E-state index in [-0.39, 0.29) is 0 Å². The van der Waals surface area contributed by atoms with Gasteiger partial charge in [0.15, 0.2) is 0 Å². The minimum Gasteiger partial charge on any atom is -0.376 e. The minimum atomic E-state index is -1.37. The van der Waals surface area contributed by atoms with Crippen molar-refractivity contribution in [2.75, 3.05) is 5.32 Å². The van der Waals surface area contributed by atoms with Crippen LogP contribution in [0.15, 0.2) is 72.8 Å². The standard InChI is InChI=1S/C22H21NO2/c1-16-7-11-18(12-8-16)22(25,19-13-9-17(2)10-14-19)20-5-3-4-6-21(20)23-15-24/h3-15,25H,1-2H3,(H,23,24). The van der Waals surface area contributed by atoms with E-state index in [4.69, 9.17) is 0 Å². The Labute approximate surface area is 148 Å². The second kappa shape index (κ2) is 6.91. The van der Waals surface area contributed by atoms with Gasteiger partial charge in [-0.25, -0.2) is 0 Å². The molecule has 25 heavy (non-hydrogen) atoms. The number of benzene rings is 3. The summed E-state index contributed by atoms with van der Waals surface area (Å²) < 4.78 is 0. The Kier molecular flexibility index (Phi) is 4.68. The van der Waals surface area contributed by atoms with Gasteiger partial charge in [-0.2, -0.15) is 0 Å². The molecule has 0 aliphatic carbocycles. The average Bonchev–Trinajstić information content (AvgIpc) is 2.63. The molecule has 0 aliphatic heterocycles. The van der Waals surface area contributed by atoms with E-state index in [9.17, 15) is 9.90 Å². The highest BCUT2D eigenvalue weighted by molar-refractivity contribution is 5.75. The average molecular weight is 331 g/mol. The molecule has 3 heteroatoms. The third-order valence-corrected chi connectivity index (χ3v) is 4.47. The van der Waals surface area contributed by atoms with E-state index in [0.717, 1.165) is 22.3 Å². The van der Waals surface area contributed by atoms with Gasteiger partial charge in [-0.3, -0.25) is 4.79 Å². The number of anilines is 1. The molecule has 0 aliphatic rings. The molecular formula is C22H21NO2. The Morgan fingerprint density at radius 3 is 1.76 bits per heavy atom. The van der Waals surface area contributed by atoms with Crippen LogP contribution in [0.1, 0.15) is 27.8 Å². The van der Waals surface area contributed by atoms with E-state index >= 15 is 0 Å². The van der Waals surface area contributed by atoms with Gasteiger partial charge in [0.25, 0.3) is 0 Å². The summed E-state index contributed by atoms with van der Waals surface area (Å²) in [6, 6.07) is 22.9. The molecular weight excluding hydrogens is 310 g/mol. The van der Waals surface area contributed by atoms with Crippen LogP contribution >= 0.6 is 0 Å². The fourth-order valence-corrected chi connectivity index (χ4v) is 3.06. The number of aliphatic hydroxyl groups is 1. The zero-order chi connectivity index (χ0) is 17.9. The number of carbonyl (C=O) groups is 1. The lowest BCUT2D eigenvalue weighted by Gasteiger charge is -2.32. The van der Waals surface area contributed by atoms with E-state index in [0.29, 0.717) is 17.7 Å². The smallest absolute Gasteiger partial charge is 0.211 e. The molecule has 126 valence electrons. The van der Waals surface area contributed by atoms with Crippen LogP contribution < -0.4 is 5.32 Å². The lowest BCUT2D eigenvalue weighted by molar-refractivity contribution is -0.105. The maximum Gasteiger partial charge on any atom is 0.211 e. The third-order valence-electron chi connectivity index (χ3n) is 4.47. The summed E-state index contributed by atoms with van der Waals surface area (Å²) in [6.07, 6.45) is 0.629. The topological polar surface area (TPSA) is 49.3 Å². The first-order valence-corrected chi connectivity index (χ1v) is 8.22. The third kappa shape index (κ3) is 3.19. The van der Waals surface area contributed by atoms with Gasteiger partial charge in [-0.15, -0.1) is 0 Å². The number of para-hydroxylation sites is 1. The Bertz CT molecular complexity index is 822. The molecule has 3 aromatic rings. The molecule has 3 nitrogen and oxygen atoms in total. The van der Waals surface area contributed by atoms with E-state index in [1.165, 1.54) is 0 Å². The SMILES string of the molecule is Cc1ccc(C(O)(c2ccc(C)cc2)c2ccccc2NC=O)cc1. The summed E-state index contributed by atoms with van der Waals surface area (Å²) in [5.74, 6) is 0. The van der Waals surface area contributed by atoms with Crippen LogP contribution in [0.2, 0.25) is 0 Å². The number of rotatable bonds is 5. The molecule has 0 saturated heterocycles. The largest absolute Gasteiger partial charge is 0.376 e. The van der Waals surface area contributed by atoms with Crippen LogP contribution in [-0.4, -0.2) is 11.5 Å². The number of hydrogen-bond acceptors (Lipinski definition) is 2. The molecule has 2 N–H and O–H groups in total. The van der Waals surface area contributed by atoms with Crippen molar-refractivity contribution in [3.05, 3.63) is 101 Å². The van der Waals surface area contributed by atoms with Crippen molar-refractivity contribution in [3.8, 4) is 0 Å². The van der Waals surface area contributed by atoms with Crippen molar-refractivity contribution in [1.82, 2.24) is 0 Å². The van der Waals surface area contributed by atoms with Gasteiger partial charge in [-0.05, 0) is 31.0 Å². The summed E-state index contributed by atoms with van der Waals surface area (Å²) in [4.78, 5) is 11.0. The molecule has 0 radical (unpaired) electrons. The maximum absolute atomic E-state index is 11.9. The first-order valence-electron chi connectivity index (χ1n) is 8.22. The molecule has 0 saturated carbocycles. The number of amides is 1. The summed E-state index contributed by atoms with van der Waals surface area (Å²) in [6.45, 7) is 4.02. The minimum absolute atomic E-state index is 0.584. The van der Waals surface area contributed by atoms with E-state index < -0.39 is 5.60 Å². The van der Waals surface area contributed by atoms with Gasteiger partial charge in [0.1, 0.15) is 5.60 Å². The van der Waals surface area contributed by atoms with E-state index in [2.05, 4.69) is 5.32 Å². The molecule has 0 unspecified atom stereocenters. The molecule has 0 heterocycles. The molecule has 3 rings (SSSR count). The highest BCUT2D eigenvalue weighted by Crippen LogP contribution is 2.40. The molecule has 0 spiro atoms. The molecule has 0 fully saturated rings. The lowest BCUT2D eigenvalue weighted by Crippen LogP contribution is -2.30. The van der Waals surface area contributed by atoms with Crippen molar-refractivity contribution >= 4 is 12.1 Å². The first-order chi connectivity index (χ1) is 12.1. The summed E-state index contributed by atoms with van der Waals surface area (Å²) >= 11 is 0. The van der Waals surface area contributed by atoms with Gasteiger partial charge in [-0.1, -0.05) is 77.9 Å². The van der Waals surface area contributed by atoms with Gasteiger partial charge in [0.05, 0.1) is 0 Å². The van der Waals surface area contributed by atoms with Gasteiger partial charge >= 0.3 is 0 Å². The van der Waals surface area contributed by atoms with Gasteiger partial charge < -0.3 is 10.4 Å². The van der Waals surface area contributed by atoms with Gasteiger partial charge in [0, 0.05) is 11.3 Å². The van der Waals surface area contributed by atoms with E-state index in [1.807, 2.05) is 80.6 Å². The first kappa shape index (κ1) is 16.9. The van der Waals surface area contributed by atoms with Crippen molar-refractivity contribution < 1.29 is 9.90 Å². The fourth-order valence-electron chi connectivity index (χ4n) is 3.06. The molecule has 1 amide bonds. The second-order valence-electron chi connectivity index (χ2n) is 6.25. The highest BCUT2D eigenvalue weighted by atomic mass is 16.3. The monoisotopic (exact) mass is 331 g/mol. The fraction of sp³-hybridized carbons (Fsp3) is 0.136. The Morgan fingerprint density at radius 1 is 0.800 bits per heavy atom. The van der Waals surface area contributed by atoms with Crippen molar-refractivity contribution in [3.63, 3.8) is 0 Å². The van der Waals surface area contributed by atoms with Crippen molar-refractivity contribution in [1.29, 1.82) is 0 Å². The predicted molar refractivity (Wildman–Crippen MR) is 101 cm³/mol. The van der Waals surface area contributed by atoms with Crippen LogP contribution in [0, 0.1) is 13.8 Å². The normalized spacial score (nSPS) is 11.2. The summed E-state index contributed by atoms with van der Waals surface area (Å²) in [7, 11) is 0. The van der Waals surface area contributed by atoms with Crippen LogP contribution in [-0.2, 0) is 10.4 Å². The number of aryl methyl sites for hydroxylation is 2. The molecule has 3 aromatic carbocycles. The van der Waals surface area contributed by atoms with Gasteiger partial charge in [0.2, 0.25) is 6.41 Å². The Morgan fingerprint density at radius 2 is 1.28 bits per heavy atom. The predicted octanol–water partition coefficient (Wildman–Crippen LogP) is 4.16. The molecule has 0 atom stereocenters. The highest BCUT2D eigenvalue weighted by Gasteiger charge is 2.35. The number of carbonyl (C=O) groups excluding carboxylic acids is 1. The number of nitrogens with one attached hydrogen (secondary N) is 1.